The van der Waals surface area contributed by atoms with Crippen molar-refractivity contribution in [3.63, 3.8) is 0 Å². The fourth-order valence-corrected chi connectivity index (χ4v) is 2.60. The number of hydrazine groups is 1. The number of nitrogens with one attached hydrogen (secondary N) is 1. The van der Waals surface area contributed by atoms with Crippen molar-refractivity contribution in [2.45, 2.75) is 40.0 Å². The number of hydrogen-bond acceptors (Lipinski definition) is 5. The molecule has 2 rings (SSSR count). The third kappa shape index (κ3) is 4.49. The van der Waals surface area contributed by atoms with E-state index in [0.29, 0.717) is 17.3 Å². The number of ether oxygens (including phenoxy) is 1. The van der Waals surface area contributed by atoms with Crippen LogP contribution in [0.1, 0.15) is 38.8 Å². The van der Waals surface area contributed by atoms with Gasteiger partial charge in [0.2, 0.25) is 0 Å². The molecule has 2 aromatic carbocycles. The van der Waals surface area contributed by atoms with E-state index >= 15 is 0 Å². The quantitative estimate of drug-likeness (QED) is 0.553. The first-order valence-electron chi connectivity index (χ1n) is 8.67. The van der Waals surface area contributed by atoms with E-state index in [1.54, 1.807) is 7.11 Å². The SMILES string of the molecule is COc1ccc(C)cc1N(N)/C(C)=C(\N)Nc1ccc(C(C)(C)C)cc1. The number of nitrogens with zero attached hydrogens (tertiary/aromatic N) is 1. The molecule has 0 unspecified atom stereocenters. The van der Waals surface area contributed by atoms with Crippen molar-refractivity contribution in [1.82, 2.24) is 0 Å². The third-order valence-corrected chi connectivity index (χ3v) is 4.37. The Balaban J connectivity index is 2.25. The van der Waals surface area contributed by atoms with E-state index in [2.05, 4.69) is 38.2 Å². The van der Waals surface area contributed by atoms with Crippen molar-refractivity contribution in [3.8, 4) is 5.75 Å². The zero-order valence-corrected chi connectivity index (χ0v) is 16.6. The van der Waals surface area contributed by atoms with Crippen LogP contribution in [-0.2, 0) is 5.41 Å². The summed E-state index contributed by atoms with van der Waals surface area (Å²) < 4.78 is 5.41. The van der Waals surface area contributed by atoms with Crippen LogP contribution in [0.5, 0.6) is 5.75 Å². The summed E-state index contributed by atoms with van der Waals surface area (Å²) in [6.07, 6.45) is 0. The highest BCUT2D eigenvalue weighted by Gasteiger charge is 2.15. The second kappa shape index (κ2) is 7.70. The van der Waals surface area contributed by atoms with Crippen molar-refractivity contribution >= 4 is 11.4 Å². The molecule has 5 heteroatoms. The van der Waals surface area contributed by atoms with Crippen LogP contribution >= 0.6 is 0 Å². The Morgan fingerprint density at radius 2 is 1.69 bits per heavy atom. The maximum absolute atomic E-state index is 6.30. The lowest BCUT2D eigenvalue weighted by Crippen LogP contribution is -2.33. The van der Waals surface area contributed by atoms with Crippen molar-refractivity contribution in [3.05, 3.63) is 65.1 Å². The smallest absolute Gasteiger partial charge is 0.143 e. The minimum absolute atomic E-state index is 0.117. The van der Waals surface area contributed by atoms with E-state index in [1.165, 1.54) is 10.6 Å². The topological polar surface area (TPSA) is 76.5 Å². The number of benzene rings is 2. The first kappa shape index (κ1) is 19.7. The molecule has 0 bridgehead atoms. The normalized spacial score (nSPS) is 12.4. The van der Waals surface area contributed by atoms with Gasteiger partial charge in [-0.05, 0) is 54.7 Å². The molecule has 0 aliphatic carbocycles. The molecule has 0 atom stereocenters. The second-order valence-electron chi connectivity index (χ2n) is 7.50. The zero-order chi connectivity index (χ0) is 19.5. The van der Waals surface area contributed by atoms with E-state index in [1.807, 2.05) is 44.2 Å². The van der Waals surface area contributed by atoms with Crippen LogP contribution in [0, 0.1) is 6.92 Å². The number of anilines is 2. The van der Waals surface area contributed by atoms with Crippen LogP contribution < -0.4 is 26.6 Å². The van der Waals surface area contributed by atoms with Crippen LogP contribution in [0.25, 0.3) is 0 Å². The van der Waals surface area contributed by atoms with Crippen LogP contribution in [0.2, 0.25) is 0 Å². The van der Waals surface area contributed by atoms with Gasteiger partial charge in [0.25, 0.3) is 0 Å². The van der Waals surface area contributed by atoms with Gasteiger partial charge >= 0.3 is 0 Å². The highest BCUT2D eigenvalue weighted by Crippen LogP contribution is 2.30. The average molecular weight is 354 g/mol. The molecule has 5 N–H and O–H groups in total. The van der Waals surface area contributed by atoms with Gasteiger partial charge in [-0.2, -0.15) is 0 Å². The third-order valence-electron chi connectivity index (χ3n) is 4.37. The molecule has 0 saturated heterocycles. The van der Waals surface area contributed by atoms with E-state index in [4.69, 9.17) is 16.3 Å². The Kier molecular flexibility index (Phi) is 5.83. The minimum atomic E-state index is 0.117. The number of rotatable bonds is 5. The standard InChI is InChI=1S/C21H30N4O/c1-14-7-12-19(26-6)18(13-14)25(23)15(2)20(22)24-17-10-8-16(9-11-17)21(3,4)5/h7-13,24H,22-23H2,1-6H3/b20-15+. The van der Waals surface area contributed by atoms with Crippen molar-refractivity contribution < 1.29 is 4.74 Å². The van der Waals surface area contributed by atoms with E-state index in [9.17, 15) is 0 Å². The lowest BCUT2D eigenvalue weighted by molar-refractivity contribution is 0.415. The van der Waals surface area contributed by atoms with Gasteiger partial charge in [0.15, 0.2) is 0 Å². The van der Waals surface area contributed by atoms with Gasteiger partial charge in [0.1, 0.15) is 11.6 Å². The summed E-state index contributed by atoms with van der Waals surface area (Å²) in [7, 11) is 1.62. The summed E-state index contributed by atoms with van der Waals surface area (Å²) in [6, 6.07) is 14.1. The van der Waals surface area contributed by atoms with E-state index in [-0.39, 0.29) is 5.41 Å². The predicted molar refractivity (Wildman–Crippen MR) is 110 cm³/mol. The molecule has 0 heterocycles. The Morgan fingerprint density at radius 1 is 1.08 bits per heavy atom. The fourth-order valence-electron chi connectivity index (χ4n) is 2.60. The molecule has 2 aromatic rings. The number of aryl methyl sites for hydroxylation is 1. The van der Waals surface area contributed by atoms with Crippen LogP contribution in [0.3, 0.4) is 0 Å². The molecule has 140 valence electrons. The Morgan fingerprint density at radius 3 is 2.23 bits per heavy atom. The number of allylic oxidation sites excluding steroid dienone is 1. The Labute approximate surface area is 156 Å². The minimum Gasteiger partial charge on any atom is -0.495 e. The number of hydrogen-bond donors (Lipinski definition) is 3. The molecule has 0 aliphatic rings. The van der Waals surface area contributed by atoms with Crippen LogP contribution in [-0.4, -0.2) is 7.11 Å². The lowest BCUT2D eigenvalue weighted by Gasteiger charge is -2.24. The van der Waals surface area contributed by atoms with E-state index in [0.717, 1.165) is 16.9 Å². The maximum atomic E-state index is 6.30. The van der Waals surface area contributed by atoms with Crippen molar-refractivity contribution in [1.29, 1.82) is 0 Å². The Bertz CT molecular complexity index is 789. The average Bonchev–Trinajstić information content (AvgIpc) is 2.60. The lowest BCUT2D eigenvalue weighted by atomic mass is 9.87. The molecule has 26 heavy (non-hydrogen) atoms. The summed E-state index contributed by atoms with van der Waals surface area (Å²) >= 11 is 0. The largest absolute Gasteiger partial charge is 0.495 e. The summed E-state index contributed by atoms with van der Waals surface area (Å²) in [5, 5.41) is 4.76. The molecule has 0 amide bonds. The summed E-state index contributed by atoms with van der Waals surface area (Å²) in [6.45, 7) is 10.4. The highest BCUT2D eigenvalue weighted by molar-refractivity contribution is 5.63. The molecule has 0 aliphatic heterocycles. The highest BCUT2D eigenvalue weighted by atomic mass is 16.5. The molecular weight excluding hydrogens is 324 g/mol. The number of methoxy groups -OCH3 is 1. The second-order valence-corrected chi connectivity index (χ2v) is 7.50. The van der Waals surface area contributed by atoms with Gasteiger partial charge in [-0.15, -0.1) is 0 Å². The van der Waals surface area contributed by atoms with Gasteiger partial charge in [0, 0.05) is 5.69 Å². The predicted octanol–water partition coefficient (Wildman–Crippen LogP) is 4.24. The van der Waals surface area contributed by atoms with Gasteiger partial charge < -0.3 is 15.8 Å². The van der Waals surface area contributed by atoms with Gasteiger partial charge in [-0.25, -0.2) is 5.84 Å². The Hall–Kier alpha value is -2.66. The van der Waals surface area contributed by atoms with Crippen LogP contribution in [0.4, 0.5) is 11.4 Å². The van der Waals surface area contributed by atoms with Gasteiger partial charge in [-0.3, -0.25) is 5.01 Å². The summed E-state index contributed by atoms with van der Waals surface area (Å²) in [5.74, 6) is 7.47. The number of nitrogens with two attached hydrogens (primary N) is 2. The molecule has 0 spiro atoms. The van der Waals surface area contributed by atoms with Crippen LogP contribution in [0.15, 0.2) is 54.0 Å². The van der Waals surface area contributed by atoms with Crippen molar-refractivity contribution in [2.75, 3.05) is 17.4 Å². The molecule has 5 nitrogen and oxygen atoms in total. The van der Waals surface area contributed by atoms with Gasteiger partial charge in [-0.1, -0.05) is 39.0 Å². The molecule has 0 saturated carbocycles. The summed E-state index contributed by atoms with van der Waals surface area (Å²) in [4.78, 5) is 0. The maximum Gasteiger partial charge on any atom is 0.143 e. The van der Waals surface area contributed by atoms with Crippen molar-refractivity contribution in [2.24, 2.45) is 11.6 Å². The van der Waals surface area contributed by atoms with E-state index < -0.39 is 0 Å². The molecule has 0 radical (unpaired) electrons. The monoisotopic (exact) mass is 354 g/mol. The first-order chi connectivity index (χ1) is 12.1. The first-order valence-corrected chi connectivity index (χ1v) is 8.67. The summed E-state index contributed by atoms with van der Waals surface area (Å²) in [5.41, 5.74) is 11.1. The molecule has 0 aromatic heterocycles. The molecule has 0 fully saturated rings. The zero-order valence-electron chi connectivity index (χ0n) is 16.6. The molecular formula is C21H30N4O. The fraction of sp³-hybridized carbons (Fsp3) is 0.333. The van der Waals surface area contributed by atoms with Gasteiger partial charge in [0.05, 0.1) is 18.5 Å².